The van der Waals surface area contributed by atoms with Gasteiger partial charge in [-0.15, -0.1) is 0 Å². The Kier molecular flexibility index (Phi) is 12.2. The molecule has 0 unspecified atom stereocenters. The van der Waals surface area contributed by atoms with Gasteiger partial charge in [0.15, 0.2) is 0 Å². The van der Waals surface area contributed by atoms with Gasteiger partial charge >= 0.3 is 322 Å². The van der Waals surface area contributed by atoms with Crippen molar-refractivity contribution < 1.29 is 28.4 Å². The van der Waals surface area contributed by atoms with Crippen molar-refractivity contribution >= 4 is 25.0 Å². The summed E-state index contributed by atoms with van der Waals surface area (Å²) in [4.78, 5) is 36.4. The molecule has 14 nitrogen and oxygen atoms in total. The van der Waals surface area contributed by atoms with E-state index in [2.05, 4.69) is 21.0 Å². The topological polar surface area (TPSA) is 183 Å². The molecule has 1 saturated heterocycles. The van der Waals surface area contributed by atoms with Crippen molar-refractivity contribution in [1.82, 2.24) is 24.2 Å². The molecule has 1 aliphatic heterocycles. The van der Waals surface area contributed by atoms with Crippen LogP contribution in [0.25, 0.3) is 11.2 Å². The molecule has 0 amide bonds. The van der Waals surface area contributed by atoms with Crippen LogP contribution in [-0.4, -0.2) is 80.4 Å². The van der Waals surface area contributed by atoms with E-state index in [1.807, 2.05) is 111 Å². The molecule has 1 aliphatic rings. The van der Waals surface area contributed by atoms with E-state index in [1.54, 1.807) is 18.8 Å². The predicted octanol–water partition coefficient (Wildman–Crippen LogP) is 5.92. The maximum atomic E-state index is 12.7. The number of rotatable bonds is 16. The van der Waals surface area contributed by atoms with E-state index in [4.69, 9.17) is 29.2 Å². The molecule has 3 atom stereocenters. The van der Waals surface area contributed by atoms with E-state index in [-0.39, 0.29) is 54.8 Å². The van der Waals surface area contributed by atoms with Crippen LogP contribution in [0.4, 0.5) is 5.95 Å². The van der Waals surface area contributed by atoms with Crippen LogP contribution in [0, 0.1) is 11.3 Å². The van der Waals surface area contributed by atoms with Crippen LogP contribution in [0.15, 0.2) is 90.0 Å². The van der Waals surface area contributed by atoms with Crippen LogP contribution in [0.3, 0.4) is 0 Å². The zero-order chi connectivity index (χ0) is 39.3. The second-order valence-electron chi connectivity index (χ2n) is 14.1. The monoisotopic (exact) mass is 771 g/mol. The molecule has 3 heterocycles. The number of anilines is 1. The number of nitrogens with zero attached hydrogens (tertiary/aromatic N) is 5. The second-order valence-corrected chi connectivity index (χ2v) is 16.8. The number of hydrogen-bond donors (Lipinski definition) is 3. The molecule has 292 valence electrons. The van der Waals surface area contributed by atoms with E-state index in [1.165, 1.54) is 6.33 Å². The summed E-state index contributed by atoms with van der Waals surface area (Å²) in [6, 6.07) is 27.5. The van der Waals surface area contributed by atoms with Crippen molar-refractivity contribution in [2.45, 2.75) is 76.7 Å². The number of nitrogens with one attached hydrogen (secondary N) is 1. The molecule has 55 heavy (non-hydrogen) atoms. The average Bonchev–Trinajstić information content (AvgIpc) is 3.78. The van der Waals surface area contributed by atoms with Crippen LogP contribution in [0.1, 0.15) is 63.5 Å². The number of nitriles is 1. The molecule has 0 radical (unpaired) electrons. The fourth-order valence-corrected chi connectivity index (χ4v) is 11.0. The predicted molar refractivity (Wildman–Crippen MR) is 212 cm³/mol. The Morgan fingerprint density at radius 2 is 1.58 bits per heavy atom. The van der Waals surface area contributed by atoms with Crippen molar-refractivity contribution in [3.63, 3.8) is 0 Å². The maximum absolute atomic E-state index is 12.7. The fraction of sp³-hybridized carbons (Fsp3) is 0.400. The molecular weight excluding hydrogens is 721 g/mol. The number of nitrogens with two attached hydrogens (primary N) is 1. The Labute approximate surface area is 321 Å². The normalized spacial score (nSPS) is 17.9. The molecule has 0 aliphatic carbocycles. The van der Waals surface area contributed by atoms with Crippen molar-refractivity contribution in [1.29, 1.82) is 5.26 Å². The quantitative estimate of drug-likeness (QED) is 0.0797. The minimum atomic E-state index is -3.77. The Balaban J connectivity index is 1.47. The molecular formula is C40H50N7O7P. The molecule has 6 rings (SSSR count). The standard InChI is InChI=1S/C40H50N7O7P/c1-26(2)47(27(3)4)55(49,22-10-21-41)54-33-23-35(46-25-43-36-37(46)44-39(42)45-38(36)48)53-34(33)24-52-40(28-11-8-7-9-12-28,29-13-17-31(50-5)18-14-29)30-15-19-32(51-6)20-16-30/h7-9,11-20,25-27,33-35,49,55H,10,22-24H2,1-6H3,(H3,42,44,45,48)/t33-,34+,35+/m0/s1. The summed E-state index contributed by atoms with van der Waals surface area (Å²) in [6.07, 6.45) is -0.146. The van der Waals surface area contributed by atoms with E-state index in [9.17, 15) is 14.9 Å². The Morgan fingerprint density at radius 3 is 2.13 bits per heavy atom. The van der Waals surface area contributed by atoms with Gasteiger partial charge in [-0.3, -0.25) is 0 Å². The van der Waals surface area contributed by atoms with E-state index in [0.717, 1.165) is 16.7 Å². The third-order valence-electron chi connectivity index (χ3n) is 10.00. The van der Waals surface area contributed by atoms with E-state index < -0.39 is 37.5 Å². The molecule has 4 N–H and O–H groups in total. The average molecular weight is 772 g/mol. The van der Waals surface area contributed by atoms with Gasteiger partial charge in [-0.2, -0.15) is 0 Å². The first-order chi connectivity index (χ1) is 26.4. The third kappa shape index (κ3) is 8.09. The number of methoxy groups -OCH3 is 2. The SMILES string of the molecule is COc1ccc(C(OC[C@H]2O[C@@H](n3cnc4c(=O)[nH]c(N)nc43)C[C@@H]2O[PH](O)(CCC#N)N(C(C)C)C(C)C)(c2ccccc2)c2ccc(OC)cc2)cc1. The van der Waals surface area contributed by atoms with Gasteiger partial charge in [0.2, 0.25) is 0 Å². The summed E-state index contributed by atoms with van der Waals surface area (Å²) in [5.41, 5.74) is 7.23. The third-order valence-corrected chi connectivity index (χ3v) is 13.4. The summed E-state index contributed by atoms with van der Waals surface area (Å²) < 4.78 is 35.7. The molecule has 1 fully saturated rings. The number of hydrogen-bond acceptors (Lipinski definition) is 12. The van der Waals surface area contributed by atoms with E-state index in [0.29, 0.717) is 11.5 Å². The van der Waals surface area contributed by atoms with Crippen LogP contribution < -0.4 is 20.8 Å². The zero-order valence-corrected chi connectivity index (χ0v) is 33.0. The van der Waals surface area contributed by atoms with Crippen molar-refractivity contribution in [2.75, 3.05) is 32.7 Å². The summed E-state index contributed by atoms with van der Waals surface area (Å²) in [5, 5.41) is 9.65. The first-order valence-electron chi connectivity index (χ1n) is 18.4. The first kappa shape index (κ1) is 39.8. The minimum absolute atomic E-state index is 0.00296. The van der Waals surface area contributed by atoms with Gasteiger partial charge in [-0.05, 0) is 0 Å². The zero-order valence-electron chi connectivity index (χ0n) is 32.0. The van der Waals surface area contributed by atoms with Crippen molar-refractivity contribution in [2.24, 2.45) is 0 Å². The molecule has 0 spiro atoms. The van der Waals surface area contributed by atoms with Gasteiger partial charge in [0.1, 0.15) is 0 Å². The van der Waals surface area contributed by atoms with Crippen LogP contribution >= 0.6 is 7.87 Å². The van der Waals surface area contributed by atoms with Gasteiger partial charge in [0.05, 0.1) is 0 Å². The molecule has 3 aromatic carbocycles. The Morgan fingerprint density at radius 1 is 1.00 bits per heavy atom. The molecule has 2 aromatic heterocycles. The summed E-state index contributed by atoms with van der Waals surface area (Å²) in [5.74, 6) is 1.33. The number of imidazole rings is 1. The number of fused-ring (bicyclic) bond motifs is 1. The van der Waals surface area contributed by atoms with Gasteiger partial charge in [0, 0.05) is 0 Å². The van der Waals surface area contributed by atoms with Crippen LogP contribution in [0.2, 0.25) is 0 Å². The van der Waals surface area contributed by atoms with E-state index >= 15 is 0 Å². The molecule has 0 bridgehead atoms. The Bertz CT molecular complexity index is 2080. The number of benzene rings is 3. The molecule has 5 aromatic rings. The molecule has 0 saturated carbocycles. The number of H-pyrrole nitrogens is 1. The summed E-state index contributed by atoms with van der Waals surface area (Å²) >= 11 is 0. The van der Waals surface area contributed by atoms with Crippen molar-refractivity contribution in [3.8, 4) is 17.6 Å². The summed E-state index contributed by atoms with van der Waals surface area (Å²) in [6.45, 7) is 8.02. The van der Waals surface area contributed by atoms with Crippen molar-refractivity contribution in [3.05, 3.63) is 112 Å². The molecule has 15 heteroatoms. The number of aromatic nitrogens is 4. The van der Waals surface area contributed by atoms with Gasteiger partial charge in [0.25, 0.3) is 0 Å². The van der Waals surface area contributed by atoms with Crippen LogP contribution in [0.5, 0.6) is 11.5 Å². The van der Waals surface area contributed by atoms with Gasteiger partial charge in [-0.1, -0.05) is 0 Å². The second kappa shape index (κ2) is 16.9. The number of nitrogen functional groups attached to an aromatic ring is 1. The Hall–Kier alpha value is -4.87. The number of ether oxygens (including phenoxy) is 4. The van der Waals surface area contributed by atoms with Crippen LogP contribution in [-0.2, 0) is 19.6 Å². The fourth-order valence-electron chi connectivity index (χ4n) is 7.69. The number of aromatic amines is 1. The summed E-state index contributed by atoms with van der Waals surface area (Å²) in [7, 11) is -0.529. The first-order valence-corrected chi connectivity index (χ1v) is 20.4. The van der Waals surface area contributed by atoms with Gasteiger partial charge in [-0.25, -0.2) is 0 Å². The van der Waals surface area contributed by atoms with Gasteiger partial charge < -0.3 is 0 Å².